The van der Waals surface area contributed by atoms with Gasteiger partial charge in [0, 0.05) is 25.6 Å². The van der Waals surface area contributed by atoms with E-state index in [-0.39, 0.29) is 24.3 Å². The van der Waals surface area contributed by atoms with Gasteiger partial charge in [-0.05, 0) is 26.8 Å². The highest BCUT2D eigenvalue weighted by Crippen LogP contribution is 2.32. The fourth-order valence-corrected chi connectivity index (χ4v) is 2.98. The number of aliphatic hydroxyl groups excluding tert-OH is 1. The minimum atomic E-state index is -0.136. The minimum Gasteiger partial charge on any atom is -0.466 e. The van der Waals surface area contributed by atoms with E-state index in [1.807, 2.05) is 6.92 Å². The van der Waals surface area contributed by atoms with Crippen molar-refractivity contribution in [2.45, 2.75) is 26.7 Å². The average molecular weight is 305 g/mol. The van der Waals surface area contributed by atoms with Crippen LogP contribution in [-0.4, -0.2) is 45.8 Å². The first-order chi connectivity index (χ1) is 10.5. The first-order valence-corrected chi connectivity index (χ1v) is 7.27. The van der Waals surface area contributed by atoms with Gasteiger partial charge in [-0.2, -0.15) is 4.98 Å². The molecule has 2 aromatic heterocycles. The molecule has 3 rings (SSSR count). The van der Waals surface area contributed by atoms with Crippen LogP contribution in [0.4, 0.5) is 0 Å². The van der Waals surface area contributed by atoms with E-state index in [4.69, 9.17) is 8.94 Å². The second kappa shape index (κ2) is 5.57. The van der Waals surface area contributed by atoms with E-state index in [2.05, 4.69) is 10.1 Å². The summed E-state index contributed by atoms with van der Waals surface area (Å²) in [6.07, 6.45) is 0. The zero-order chi connectivity index (χ0) is 15.9. The van der Waals surface area contributed by atoms with Crippen LogP contribution >= 0.6 is 0 Å². The lowest BCUT2D eigenvalue weighted by atomic mass is 9.97. The molecule has 0 radical (unpaired) electrons. The van der Waals surface area contributed by atoms with E-state index in [1.165, 1.54) is 0 Å². The molecule has 118 valence electrons. The summed E-state index contributed by atoms with van der Waals surface area (Å²) in [4.78, 5) is 18.6. The summed E-state index contributed by atoms with van der Waals surface area (Å²) < 4.78 is 10.6. The third-order valence-corrected chi connectivity index (χ3v) is 4.09. The third-order valence-electron chi connectivity index (χ3n) is 4.09. The smallest absolute Gasteiger partial charge is 0.257 e. The Kier molecular flexibility index (Phi) is 3.74. The van der Waals surface area contributed by atoms with Gasteiger partial charge in [-0.1, -0.05) is 5.16 Å². The van der Waals surface area contributed by atoms with E-state index < -0.39 is 0 Å². The number of aromatic nitrogens is 2. The molecule has 22 heavy (non-hydrogen) atoms. The largest absolute Gasteiger partial charge is 0.466 e. The van der Waals surface area contributed by atoms with E-state index in [0.717, 1.165) is 0 Å². The summed E-state index contributed by atoms with van der Waals surface area (Å²) in [7, 11) is 0. The Labute approximate surface area is 127 Å². The molecule has 0 aliphatic carbocycles. The Bertz CT molecular complexity index is 691. The Morgan fingerprint density at radius 3 is 2.73 bits per heavy atom. The number of hydrogen-bond acceptors (Lipinski definition) is 6. The van der Waals surface area contributed by atoms with Gasteiger partial charge in [0.1, 0.15) is 11.5 Å². The molecule has 0 bridgehead atoms. The van der Waals surface area contributed by atoms with Crippen molar-refractivity contribution in [2.75, 3.05) is 19.7 Å². The van der Waals surface area contributed by atoms with Gasteiger partial charge in [-0.25, -0.2) is 0 Å². The van der Waals surface area contributed by atoms with E-state index in [9.17, 15) is 9.90 Å². The molecule has 0 unspecified atom stereocenters. The zero-order valence-electron chi connectivity index (χ0n) is 12.9. The van der Waals surface area contributed by atoms with Gasteiger partial charge in [-0.15, -0.1) is 0 Å². The monoisotopic (exact) mass is 305 g/mol. The molecule has 7 nitrogen and oxygen atoms in total. The van der Waals surface area contributed by atoms with Crippen molar-refractivity contribution < 1.29 is 18.8 Å². The Morgan fingerprint density at radius 1 is 1.41 bits per heavy atom. The van der Waals surface area contributed by atoms with E-state index in [0.29, 0.717) is 41.9 Å². The van der Waals surface area contributed by atoms with Gasteiger partial charge >= 0.3 is 0 Å². The highest BCUT2D eigenvalue weighted by molar-refractivity contribution is 5.95. The Morgan fingerprint density at radius 2 is 2.18 bits per heavy atom. The van der Waals surface area contributed by atoms with Crippen LogP contribution in [0.25, 0.3) is 0 Å². The molecule has 1 fully saturated rings. The van der Waals surface area contributed by atoms with Crippen LogP contribution in [0.3, 0.4) is 0 Å². The molecule has 3 heterocycles. The maximum atomic E-state index is 12.6. The van der Waals surface area contributed by atoms with Crippen LogP contribution in [0, 0.1) is 26.7 Å². The number of aryl methyl sites for hydroxylation is 3. The predicted molar refractivity (Wildman–Crippen MR) is 76.4 cm³/mol. The molecule has 0 spiro atoms. The van der Waals surface area contributed by atoms with Crippen LogP contribution in [0.1, 0.15) is 39.5 Å². The fraction of sp³-hybridized carbons (Fsp3) is 0.533. The predicted octanol–water partition coefficient (Wildman–Crippen LogP) is 1.44. The highest BCUT2D eigenvalue weighted by Gasteiger charge is 2.39. The summed E-state index contributed by atoms with van der Waals surface area (Å²) in [5.74, 6) is 2.03. The topological polar surface area (TPSA) is 92.6 Å². The molecule has 0 saturated carbocycles. The number of amides is 1. The molecular weight excluding hydrogens is 286 g/mol. The van der Waals surface area contributed by atoms with Crippen LogP contribution in [0.15, 0.2) is 15.0 Å². The van der Waals surface area contributed by atoms with Gasteiger partial charge in [0.05, 0.1) is 11.5 Å². The highest BCUT2D eigenvalue weighted by atomic mass is 16.5. The number of carbonyl (C=O) groups excluding carboxylic acids is 1. The molecule has 1 amide bonds. The van der Waals surface area contributed by atoms with E-state index >= 15 is 0 Å². The van der Waals surface area contributed by atoms with Gasteiger partial charge in [0.25, 0.3) is 5.91 Å². The normalized spacial score (nSPS) is 21.5. The number of aliphatic hydroxyl groups is 1. The van der Waals surface area contributed by atoms with Crippen molar-refractivity contribution in [3.05, 3.63) is 34.9 Å². The number of nitrogens with zero attached hydrogens (tertiary/aromatic N) is 3. The van der Waals surface area contributed by atoms with Crippen molar-refractivity contribution in [3.8, 4) is 0 Å². The van der Waals surface area contributed by atoms with Crippen LogP contribution in [0.5, 0.6) is 0 Å². The van der Waals surface area contributed by atoms with Crippen molar-refractivity contribution in [1.29, 1.82) is 0 Å². The van der Waals surface area contributed by atoms with Crippen LogP contribution < -0.4 is 0 Å². The Balaban J connectivity index is 1.82. The molecule has 1 N–H and O–H groups in total. The summed E-state index contributed by atoms with van der Waals surface area (Å²) in [5.41, 5.74) is 0.566. The van der Waals surface area contributed by atoms with Gasteiger partial charge < -0.3 is 18.9 Å². The second-order valence-corrected chi connectivity index (χ2v) is 5.77. The first kappa shape index (κ1) is 14.8. The third kappa shape index (κ3) is 2.52. The standard InChI is InChI=1S/C15H19N3O4/c1-8-4-12(9(2)21-8)15(20)18-5-11(7-19)13(6-18)14-16-10(3)17-22-14/h4,11,13,19H,5-7H2,1-3H3/t11-,13+/m0/s1. The lowest BCUT2D eigenvalue weighted by molar-refractivity contribution is 0.0779. The fourth-order valence-electron chi connectivity index (χ4n) is 2.98. The summed E-state index contributed by atoms with van der Waals surface area (Å²) in [6.45, 7) is 6.23. The summed E-state index contributed by atoms with van der Waals surface area (Å²) in [5, 5.41) is 13.4. The lowest BCUT2D eigenvalue weighted by Crippen LogP contribution is -2.29. The SMILES string of the molecule is Cc1noc([C@@H]2CN(C(=O)c3cc(C)oc3C)C[C@H]2CO)n1. The van der Waals surface area contributed by atoms with Crippen molar-refractivity contribution in [2.24, 2.45) is 5.92 Å². The summed E-state index contributed by atoms with van der Waals surface area (Å²) in [6, 6.07) is 1.75. The number of hydrogen-bond donors (Lipinski definition) is 1. The number of likely N-dealkylation sites (tertiary alicyclic amines) is 1. The molecule has 2 aromatic rings. The van der Waals surface area contributed by atoms with Crippen LogP contribution in [-0.2, 0) is 0 Å². The molecule has 0 aromatic carbocycles. The number of carbonyl (C=O) groups is 1. The van der Waals surface area contributed by atoms with Crippen molar-refractivity contribution in [3.63, 3.8) is 0 Å². The quantitative estimate of drug-likeness (QED) is 0.922. The first-order valence-electron chi connectivity index (χ1n) is 7.27. The molecule has 7 heteroatoms. The number of furan rings is 1. The van der Waals surface area contributed by atoms with E-state index in [1.54, 1.807) is 24.8 Å². The van der Waals surface area contributed by atoms with Gasteiger partial charge in [0.2, 0.25) is 5.89 Å². The molecular formula is C15H19N3O4. The lowest BCUT2D eigenvalue weighted by Gasteiger charge is -2.15. The minimum absolute atomic E-state index is 0.0285. The average Bonchev–Trinajstić information content (AvgIpc) is 3.16. The van der Waals surface area contributed by atoms with Crippen molar-refractivity contribution in [1.82, 2.24) is 15.0 Å². The number of rotatable bonds is 3. The van der Waals surface area contributed by atoms with Crippen molar-refractivity contribution >= 4 is 5.91 Å². The maximum absolute atomic E-state index is 12.6. The molecule has 1 saturated heterocycles. The molecule has 2 atom stereocenters. The molecule has 1 aliphatic heterocycles. The van der Waals surface area contributed by atoms with Crippen LogP contribution in [0.2, 0.25) is 0 Å². The van der Waals surface area contributed by atoms with Gasteiger partial charge in [-0.3, -0.25) is 4.79 Å². The summed E-state index contributed by atoms with van der Waals surface area (Å²) >= 11 is 0. The second-order valence-electron chi connectivity index (χ2n) is 5.77. The maximum Gasteiger partial charge on any atom is 0.257 e. The van der Waals surface area contributed by atoms with Gasteiger partial charge in [0.15, 0.2) is 5.82 Å². The zero-order valence-corrected chi connectivity index (χ0v) is 12.9. The molecule has 1 aliphatic rings. The Hall–Kier alpha value is -2.15.